The molecule has 1 aliphatic heterocycles. The van der Waals surface area contributed by atoms with Crippen LogP contribution in [0.25, 0.3) is 0 Å². The topological polar surface area (TPSA) is 32.5 Å². The highest BCUT2D eigenvalue weighted by atomic mass is 15.4. The van der Waals surface area contributed by atoms with Crippen LogP contribution < -0.4 is 5.84 Å². The van der Waals surface area contributed by atoms with Crippen LogP contribution in [0.5, 0.6) is 0 Å². The Morgan fingerprint density at radius 1 is 1.18 bits per heavy atom. The number of hydrogen-bond donors (Lipinski definition) is 1. The van der Waals surface area contributed by atoms with Crippen molar-refractivity contribution < 1.29 is 0 Å². The number of nitrogens with zero attached hydrogens (tertiary/aromatic N) is 2. The summed E-state index contributed by atoms with van der Waals surface area (Å²) in [4.78, 5) is 2.34. The lowest BCUT2D eigenvalue weighted by atomic mass is 9.93. The minimum atomic E-state index is 0.333. The Bertz CT molecular complexity index is 119. The Morgan fingerprint density at radius 3 is 2.45 bits per heavy atom. The first-order valence-electron chi connectivity index (χ1n) is 4.18. The van der Waals surface area contributed by atoms with Crippen molar-refractivity contribution >= 4 is 0 Å². The van der Waals surface area contributed by atoms with Crippen LogP contribution in [0.3, 0.4) is 0 Å². The van der Waals surface area contributed by atoms with Gasteiger partial charge in [0.1, 0.15) is 0 Å². The summed E-state index contributed by atoms with van der Waals surface area (Å²) in [6, 6.07) is 0. The number of nitrogens with two attached hydrogens (primary N) is 1. The van der Waals surface area contributed by atoms with Crippen molar-refractivity contribution in [1.29, 1.82) is 0 Å². The van der Waals surface area contributed by atoms with E-state index < -0.39 is 0 Å². The molecule has 0 saturated carbocycles. The Morgan fingerprint density at radius 2 is 1.82 bits per heavy atom. The van der Waals surface area contributed by atoms with E-state index in [9.17, 15) is 0 Å². The van der Waals surface area contributed by atoms with Crippen molar-refractivity contribution in [2.75, 3.05) is 33.2 Å². The van der Waals surface area contributed by atoms with Crippen molar-refractivity contribution in [1.82, 2.24) is 9.91 Å². The van der Waals surface area contributed by atoms with E-state index in [4.69, 9.17) is 5.84 Å². The van der Waals surface area contributed by atoms with Crippen LogP contribution in [-0.2, 0) is 0 Å². The van der Waals surface area contributed by atoms with Gasteiger partial charge in [-0.3, -0.25) is 5.84 Å². The van der Waals surface area contributed by atoms with Crippen LogP contribution >= 0.6 is 0 Å². The predicted octanol–water partition coefficient (Wildman–Crippen LogP) is 0.134. The molecular formula is C8H19N3. The molecule has 1 aliphatic rings. The molecule has 3 nitrogen and oxygen atoms in total. The van der Waals surface area contributed by atoms with E-state index in [0.29, 0.717) is 5.41 Å². The molecule has 1 fully saturated rings. The van der Waals surface area contributed by atoms with Gasteiger partial charge < -0.3 is 4.90 Å². The first-order valence-corrected chi connectivity index (χ1v) is 4.18. The average Bonchev–Trinajstić information content (AvgIpc) is 1.89. The molecule has 0 aromatic carbocycles. The number of rotatable bonds is 0. The van der Waals surface area contributed by atoms with Crippen LogP contribution in [0.4, 0.5) is 0 Å². The third-order valence-electron chi connectivity index (χ3n) is 2.10. The lowest BCUT2D eigenvalue weighted by molar-refractivity contribution is 0.197. The summed E-state index contributed by atoms with van der Waals surface area (Å²) in [5.41, 5.74) is 0.333. The monoisotopic (exact) mass is 157 g/mol. The molecule has 0 aromatic heterocycles. The molecule has 0 aliphatic carbocycles. The van der Waals surface area contributed by atoms with Crippen molar-refractivity contribution in [3.05, 3.63) is 0 Å². The first kappa shape index (κ1) is 8.97. The number of likely N-dealkylation sites (N-methyl/N-ethyl adjacent to an activating group) is 1. The summed E-state index contributed by atoms with van der Waals surface area (Å²) in [6.07, 6.45) is 0. The lowest BCUT2D eigenvalue weighted by Crippen LogP contribution is -2.39. The van der Waals surface area contributed by atoms with Gasteiger partial charge in [-0.05, 0) is 12.5 Å². The van der Waals surface area contributed by atoms with Gasteiger partial charge in [0, 0.05) is 26.2 Å². The molecule has 0 radical (unpaired) electrons. The Balaban J connectivity index is 2.55. The molecule has 2 N–H and O–H groups in total. The molecule has 0 unspecified atom stereocenters. The molecule has 1 rings (SSSR count). The van der Waals surface area contributed by atoms with Crippen molar-refractivity contribution in [3.8, 4) is 0 Å². The van der Waals surface area contributed by atoms with Crippen LogP contribution in [0, 0.1) is 5.41 Å². The minimum absolute atomic E-state index is 0.333. The fraction of sp³-hybridized carbons (Fsp3) is 1.00. The summed E-state index contributed by atoms with van der Waals surface area (Å²) >= 11 is 0. The molecule has 0 aromatic rings. The van der Waals surface area contributed by atoms with Crippen LogP contribution in [0.2, 0.25) is 0 Å². The summed E-state index contributed by atoms with van der Waals surface area (Å²) in [5, 5.41) is 1.92. The Hall–Kier alpha value is -0.120. The van der Waals surface area contributed by atoms with E-state index in [-0.39, 0.29) is 0 Å². The van der Waals surface area contributed by atoms with Gasteiger partial charge in [-0.15, -0.1) is 0 Å². The maximum Gasteiger partial charge on any atom is 0.0256 e. The SMILES string of the molecule is CN1CCN(N)CC(C)(C)C1. The van der Waals surface area contributed by atoms with E-state index in [1.807, 2.05) is 5.01 Å². The van der Waals surface area contributed by atoms with Gasteiger partial charge in [-0.25, -0.2) is 5.01 Å². The molecular weight excluding hydrogens is 138 g/mol. The molecule has 0 atom stereocenters. The molecule has 11 heavy (non-hydrogen) atoms. The van der Waals surface area contributed by atoms with E-state index in [1.54, 1.807) is 0 Å². The number of hydrazine groups is 1. The molecule has 1 heterocycles. The standard InChI is InChI=1S/C8H19N3/c1-8(2)6-10(3)4-5-11(9)7-8/h4-7,9H2,1-3H3. The fourth-order valence-corrected chi connectivity index (χ4v) is 1.79. The van der Waals surface area contributed by atoms with Gasteiger partial charge in [0.15, 0.2) is 0 Å². The minimum Gasteiger partial charge on any atom is -0.304 e. The normalized spacial score (nSPS) is 28.4. The van der Waals surface area contributed by atoms with Gasteiger partial charge >= 0.3 is 0 Å². The maximum atomic E-state index is 5.78. The lowest BCUT2D eigenvalue weighted by Gasteiger charge is -2.27. The highest BCUT2D eigenvalue weighted by Crippen LogP contribution is 2.18. The van der Waals surface area contributed by atoms with Gasteiger partial charge in [-0.2, -0.15) is 0 Å². The first-order chi connectivity index (χ1) is 4.99. The van der Waals surface area contributed by atoms with E-state index in [2.05, 4.69) is 25.8 Å². The van der Waals surface area contributed by atoms with E-state index in [1.165, 1.54) is 0 Å². The van der Waals surface area contributed by atoms with Crippen molar-refractivity contribution in [2.45, 2.75) is 13.8 Å². The predicted molar refractivity (Wildman–Crippen MR) is 47.0 cm³/mol. The molecule has 66 valence electrons. The average molecular weight is 157 g/mol. The molecule has 0 spiro atoms. The highest BCUT2D eigenvalue weighted by molar-refractivity contribution is 4.78. The summed E-state index contributed by atoms with van der Waals surface area (Å²) in [6.45, 7) is 8.72. The van der Waals surface area contributed by atoms with Crippen LogP contribution in [-0.4, -0.2) is 43.1 Å². The second-order valence-electron chi connectivity index (χ2n) is 4.37. The smallest absolute Gasteiger partial charge is 0.0256 e. The fourth-order valence-electron chi connectivity index (χ4n) is 1.79. The second kappa shape index (κ2) is 3.09. The maximum absolute atomic E-state index is 5.78. The summed E-state index contributed by atoms with van der Waals surface area (Å²) in [7, 11) is 2.15. The third-order valence-corrected chi connectivity index (χ3v) is 2.10. The Labute approximate surface area is 69.1 Å². The Kier molecular flexibility index (Phi) is 2.52. The zero-order valence-electron chi connectivity index (χ0n) is 7.80. The molecule has 0 amide bonds. The quantitative estimate of drug-likeness (QED) is 0.507. The molecule has 3 heteroatoms. The molecule has 1 saturated heterocycles. The largest absolute Gasteiger partial charge is 0.304 e. The molecule has 0 bridgehead atoms. The van der Waals surface area contributed by atoms with E-state index in [0.717, 1.165) is 26.2 Å². The van der Waals surface area contributed by atoms with Crippen LogP contribution in [0.1, 0.15) is 13.8 Å². The summed E-state index contributed by atoms with van der Waals surface area (Å²) < 4.78 is 0. The number of hydrogen-bond acceptors (Lipinski definition) is 3. The third kappa shape index (κ3) is 2.77. The van der Waals surface area contributed by atoms with Crippen LogP contribution in [0.15, 0.2) is 0 Å². The van der Waals surface area contributed by atoms with Gasteiger partial charge in [0.25, 0.3) is 0 Å². The zero-order valence-corrected chi connectivity index (χ0v) is 7.80. The summed E-state index contributed by atoms with van der Waals surface area (Å²) in [5.74, 6) is 5.78. The second-order valence-corrected chi connectivity index (χ2v) is 4.37. The van der Waals surface area contributed by atoms with Crippen molar-refractivity contribution in [2.24, 2.45) is 11.3 Å². The van der Waals surface area contributed by atoms with E-state index >= 15 is 0 Å². The van der Waals surface area contributed by atoms with Gasteiger partial charge in [-0.1, -0.05) is 13.8 Å². The van der Waals surface area contributed by atoms with Crippen molar-refractivity contribution in [3.63, 3.8) is 0 Å². The zero-order chi connectivity index (χ0) is 8.48. The highest BCUT2D eigenvalue weighted by Gasteiger charge is 2.25. The van der Waals surface area contributed by atoms with Gasteiger partial charge in [0.05, 0.1) is 0 Å². The van der Waals surface area contributed by atoms with Gasteiger partial charge in [0.2, 0.25) is 0 Å².